The molecular weight excluding hydrogens is 248 g/mol. The molecule has 0 aliphatic rings. The summed E-state index contributed by atoms with van der Waals surface area (Å²) in [6.45, 7) is 0. The number of nitrogens with two attached hydrogens (primary N) is 1. The van der Waals surface area contributed by atoms with Gasteiger partial charge in [0.1, 0.15) is 5.54 Å². The van der Waals surface area contributed by atoms with E-state index in [9.17, 15) is 9.90 Å². The minimum Gasteiger partial charge on any atom is -0.480 e. The highest BCUT2D eigenvalue weighted by atomic mass is 32.2. The summed E-state index contributed by atoms with van der Waals surface area (Å²) in [5, 5.41) is 18.1. The van der Waals surface area contributed by atoms with Crippen molar-refractivity contribution in [2.75, 3.05) is 12.0 Å². The summed E-state index contributed by atoms with van der Waals surface area (Å²) >= 11 is 1.57. The van der Waals surface area contributed by atoms with E-state index in [1.54, 1.807) is 36.0 Å². The van der Waals surface area contributed by atoms with Gasteiger partial charge >= 0.3 is 5.97 Å². The van der Waals surface area contributed by atoms with E-state index in [0.29, 0.717) is 17.7 Å². The number of carbonyl (C=O) groups is 1. The van der Waals surface area contributed by atoms with Crippen molar-refractivity contribution in [1.82, 2.24) is 0 Å². The molecule has 0 radical (unpaired) electrons. The molecule has 18 heavy (non-hydrogen) atoms. The molecule has 0 fully saturated rings. The second-order valence-electron chi connectivity index (χ2n) is 4.19. The second-order valence-corrected chi connectivity index (χ2v) is 5.18. The van der Waals surface area contributed by atoms with Gasteiger partial charge in [0.2, 0.25) is 0 Å². The summed E-state index contributed by atoms with van der Waals surface area (Å²) in [6, 6.07) is 8.94. The highest BCUT2D eigenvalue weighted by Crippen LogP contribution is 2.18. The number of carboxylic acids is 1. The van der Waals surface area contributed by atoms with E-state index < -0.39 is 11.5 Å². The molecule has 1 aromatic carbocycles. The Morgan fingerprint density at radius 1 is 1.61 bits per heavy atom. The topological polar surface area (TPSA) is 87.1 Å². The van der Waals surface area contributed by atoms with E-state index in [2.05, 4.69) is 0 Å². The Morgan fingerprint density at radius 3 is 2.89 bits per heavy atom. The number of aliphatic carboxylic acids is 1. The number of thioether (sulfide) groups is 1. The van der Waals surface area contributed by atoms with E-state index in [-0.39, 0.29) is 6.42 Å². The van der Waals surface area contributed by atoms with E-state index in [1.807, 2.05) is 12.3 Å². The van der Waals surface area contributed by atoms with Crippen molar-refractivity contribution < 1.29 is 9.90 Å². The predicted molar refractivity (Wildman–Crippen MR) is 72.4 cm³/mol. The van der Waals surface area contributed by atoms with Crippen molar-refractivity contribution in [3.63, 3.8) is 0 Å². The molecule has 0 amide bonds. The maximum Gasteiger partial charge on any atom is 0.324 e. The van der Waals surface area contributed by atoms with E-state index >= 15 is 0 Å². The standard InChI is InChI=1S/C13H16N2O2S/c1-18-6-5-13(15,12(16)17)8-10-3-2-4-11(7-10)9-14/h2-4,7H,5-6,8,15H2,1H3,(H,16,17). The molecule has 0 bridgehead atoms. The summed E-state index contributed by atoms with van der Waals surface area (Å²) in [7, 11) is 0. The summed E-state index contributed by atoms with van der Waals surface area (Å²) in [6.07, 6.45) is 2.55. The quantitative estimate of drug-likeness (QED) is 0.815. The maximum atomic E-state index is 11.3. The first-order valence-electron chi connectivity index (χ1n) is 5.52. The van der Waals surface area contributed by atoms with Gasteiger partial charge in [-0.15, -0.1) is 0 Å². The van der Waals surface area contributed by atoms with Crippen LogP contribution < -0.4 is 5.73 Å². The van der Waals surface area contributed by atoms with Crippen LogP contribution in [-0.2, 0) is 11.2 Å². The third-order valence-electron chi connectivity index (χ3n) is 2.75. The first-order valence-corrected chi connectivity index (χ1v) is 6.91. The molecular formula is C13H16N2O2S. The van der Waals surface area contributed by atoms with Gasteiger partial charge in [0.15, 0.2) is 0 Å². The first-order chi connectivity index (χ1) is 8.51. The molecule has 1 rings (SSSR count). The number of rotatable bonds is 6. The SMILES string of the molecule is CSCCC(N)(Cc1cccc(C#N)c1)C(=O)O. The molecule has 0 saturated heterocycles. The van der Waals surface area contributed by atoms with Crippen molar-refractivity contribution in [3.05, 3.63) is 35.4 Å². The van der Waals surface area contributed by atoms with Crippen LogP contribution in [0.1, 0.15) is 17.5 Å². The summed E-state index contributed by atoms with van der Waals surface area (Å²) in [5.41, 5.74) is 5.98. The Hall–Kier alpha value is -1.51. The summed E-state index contributed by atoms with van der Waals surface area (Å²) in [4.78, 5) is 11.3. The lowest BCUT2D eigenvalue weighted by molar-refractivity contribution is -0.143. The fraction of sp³-hybridized carbons (Fsp3) is 0.385. The van der Waals surface area contributed by atoms with Crippen molar-refractivity contribution in [2.24, 2.45) is 5.73 Å². The zero-order chi connectivity index (χ0) is 13.6. The molecule has 1 atom stereocenters. The van der Waals surface area contributed by atoms with Gasteiger partial charge in [-0.25, -0.2) is 0 Å². The average molecular weight is 264 g/mol. The van der Waals surface area contributed by atoms with E-state index in [0.717, 1.165) is 5.56 Å². The van der Waals surface area contributed by atoms with Crippen molar-refractivity contribution in [3.8, 4) is 6.07 Å². The van der Waals surface area contributed by atoms with Gasteiger partial charge < -0.3 is 10.8 Å². The third-order valence-corrected chi connectivity index (χ3v) is 3.37. The fourth-order valence-corrected chi connectivity index (χ4v) is 2.24. The Kier molecular flexibility index (Phi) is 5.20. The highest BCUT2D eigenvalue weighted by molar-refractivity contribution is 7.98. The van der Waals surface area contributed by atoms with Crippen LogP contribution in [0.5, 0.6) is 0 Å². The molecule has 0 spiro atoms. The minimum absolute atomic E-state index is 0.235. The molecule has 96 valence electrons. The van der Waals surface area contributed by atoms with Gasteiger partial charge in [-0.2, -0.15) is 17.0 Å². The monoisotopic (exact) mass is 264 g/mol. The Bertz CT molecular complexity index is 470. The summed E-state index contributed by atoms with van der Waals surface area (Å²) in [5.74, 6) is -0.306. The van der Waals surface area contributed by atoms with Crippen LogP contribution in [0.2, 0.25) is 0 Å². The Labute approximate surface area is 111 Å². The van der Waals surface area contributed by atoms with Gasteiger partial charge in [-0.1, -0.05) is 12.1 Å². The highest BCUT2D eigenvalue weighted by Gasteiger charge is 2.33. The molecule has 0 saturated carbocycles. The number of hydrogen-bond donors (Lipinski definition) is 2. The zero-order valence-electron chi connectivity index (χ0n) is 10.2. The lowest BCUT2D eigenvalue weighted by Gasteiger charge is -2.24. The smallest absolute Gasteiger partial charge is 0.324 e. The fourth-order valence-electron chi connectivity index (χ4n) is 1.67. The van der Waals surface area contributed by atoms with Crippen LogP contribution in [0.3, 0.4) is 0 Å². The molecule has 0 aliphatic carbocycles. The molecule has 4 nitrogen and oxygen atoms in total. The van der Waals surface area contributed by atoms with Crippen LogP contribution in [0, 0.1) is 11.3 Å². The first kappa shape index (κ1) is 14.6. The summed E-state index contributed by atoms with van der Waals surface area (Å²) < 4.78 is 0. The van der Waals surface area contributed by atoms with Crippen molar-refractivity contribution in [2.45, 2.75) is 18.4 Å². The van der Waals surface area contributed by atoms with Crippen LogP contribution in [0.25, 0.3) is 0 Å². The minimum atomic E-state index is -1.27. The Balaban J connectivity index is 2.89. The lowest BCUT2D eigenvalue weighted by Crippen LogP contribution is -2.50. The van der Waals surface area contributed by atoms with Crippen LogP contribution in [0.15, 0.2) is 24.3 Å². The number of carboxylic acid groups (broad SMARTS) is 1. The largest absolute Gasteiger partial charge is 0.480 e. The normalized spacial score (nSPS) is 13.6. The lowest BCUT2D eigenvalue weighted by atomic mass is 9.89. The number of hydrogen-bond acceptors (Lipinski definition) is 4. The maximum absolute atomic E-state index is 11.3. The van der Waals surface area contributed by atoms with Gasteiger partial charge in [-0.05, 0) is 36.1 Å². The molecule has 0 aliphatic heterocycles. The molecule has 0 heterocycles. The molecule has 0 aromatic heterocycles. The van der Waals surface area contributed by atoms with Crippen LogP contribution in [0.4, 0.5) is 0 Å². The third kappa shape index (κ3) is 3.76. The van der Waals surface area contributed by atoms with Crippen LogP contribution >= 0.6 is 11.8 Å². The van der Waals surface area contributed by atoms with Gasteiger partial charge in [0, 0.05) is 6.42 Å². The van der Waals surface area contributed by atoms with Gasteiger partial charge in [0.25, 0.3) is 0 Å². The second kappa shape index (κ2) is 6.43. The van der Waals surface area contributed by atoms with E-state index in [1.165, 1.54) is 0 Å². The zero-order valence-corrected chi connectivity index (χ0v) is 11.0. The molecule has 3 N–H and O–H groups in total. The van der Waals surface area contributed by atoms with Gasteiger partial charge in [-0.3, -0.25) is 4.79 Å². The number of nitrogens with zero attached hydrogens (tertiary/aromatic N) is 1. The Morgan fingerprint density at radius 2 is 2.33 bits per heavy atom. The van der Waals surface area contributed by atoms with Crippen molar-refractivity contribution >= 4 is 17.7 Å². The van der Waals surface area contributed by atoms with Crippen LogP contribution in [-0.4, -0.2) is 28.6 Å². The molecule has 1 aromatic rings. The van der Waals surface area contributed by atoms with Crippen molar-refractivity contribution in [1.29, 1.82) is 5.26 Å². The van der Waals surface area contributed by atoms with Gasteiger partial charge in [0.05, 0.1) is 11.6 Å². The molecule has 5 heteroatoms. The number of nitriles is 1. The molecule has 1 unspecified atom stereocenters. The predicted octanol–water partition coefficient (Wildman–Crippen LogP) is 1.64. The number of benzene rings is 1. The average Bonchev–Trinajstić information content (AvgIpc) is 2.36. The van der Waals surface area contributed by atoms with E-state index in [4.69, 9.17) is 11.0 Å².